The summed E-state index contributed by atoms with van der Waals surface area (Å²) in [6.07, 6.45) is 0.0215. The van der Waals surface area contributed by atoms with Crippen LogP contribution in [0.25, 0.3) is 0 Å². The van der Waals surface area contributed by atoms with Crippen LogP contribution in [0.3, 0.4) is 0 Å². The Morgan fingerprint density at radius 1 is 1.26 bits per heavy atom. The predicted octanol–water partition coefficient (Wildman–Crippen LogP) is 2.12. The molecule has 1 aromatic carbocycles. The Balaban J connectivity index is 2.16. The van der Waals surface area contributed by atoms with Crippen LogP contribution in [0.15, 0.2) is 18.2 Å². The van der Waals surface area contributed by atoms with E-state index < -0.39 is 12.0 Å². The van der Waals surface area contributed by atoms with Crippen molar-refractivity contribution in [2.45, 2.75) is 38.8 Å². The molecule has 1 unspecified atom stereocenters. The minimum Gasteiger partial charge on any atom is -0.469 e. The number of carbonyl (C=O) groups excluding carboxylic acids is 2. The van der Waals surface area contributed by atoms with E-state index in [1.165, 1.54) is 7.11 Å². The molecule has 0 spiro atoms. The van der Waals surface area contributed by atoms with Gasteiger partial charge in [-0.1, -0.05) is 6.07 Å². The Bertz CT molecular complexity index is 595. The smallest absolute Gasteiger partial charge is 0.315 e. The molecule has 0 fully saturated rings. The van der Waals surface area contributed by atoms with Gasteiger partial charge in [0, 0.05) is 5.54 Å². The van der Waals surface area contributed by atoms with Crippen LogP contribution in [0.1, 0.15) is 38.8 Å². The molecule has 1 heterocycles. The lowest BCUT2D eigenvalue weighted by Gasteiger charge is -2.24. The van der Waals surface area contributed by atoms with Gasteiger partial charge in [-0.2, -0.15) is 0 Å². The first-order valence-electron chi connectivity index (χ1n) is 7.33. The molecule has 2 amide bonds. The van der Waals surface area contributed by atoms with E-state index in [1.807, 2.05) is 20.8 Å². The second-order valence-corrected chi connectivity index (χ2v) is 6.29. The average molecular weight is 322 g/mol. The van der Waals surface area contributed by atoms with Gasteiger partial charge >= 0.3 is 12.0 Å². The SMILES string of the molecule is COC(=O)CC(NC(=O)NC(C)(C)C)c1ccc2c(c1)OCO2. The number of urea groups is 1. The first-order valence-corrected chi connectivity index (χ1v) is 7.33. The van der Waals surface area contributed by atoms with E-state index >= 15 is 0 Å². The van der Waals surface area contributed by atoms with Crippen LogP contribution >= 0.6 is 0 Å². The van der Waals surface area contributed by atoms with Crippen molar-refractivity contribution in [3.8, 4) is 11.5 Å². The summed E-state index contributed by atoms with van der Waals surface area (Å²) in [6.45, 7) is 5.80. The maximum absolute atomic E-state index is 12.1. The highest BCUT2D eigenvalue weighted by molar-refractivity contribution is 5.77. The molecule has 2 rings (SSSR count). The lowest BCUT2D eigenvalue weighted by atomic mass is 10.0. The van der Waals surface area contributed by atoms with Crippen molar-refractivity contribution in [1.29, 1.82) is 0 Å². The van der Waals surface area contributed by atoms with Gasteiger partial charge in [-0.05, 0) is 38.5 Å². The number of methoxy groups -OCH3 is 1. The van der Waals surface area contributed by atoms with Crippen molar-refractivity contribution in [3.63, 3.8) is 0 Å². The third-order valence-electron chi connectivity index (χ3n) is 3.19. The Morgan fingerprint density at radius 2 is 1.96 bits per heavy atom. The van der Waals surface area contributed by atoms with Crippen molar-refractivity contribution in [2.75, 3.05) is 13.9 Å². The summed E-state index contributed by atoms with van der Waals surface area (Å²) >= 11 is 0. The zero-order valence-corrected chi connectivity index (χ0v) is 13.8. The van der Waals surface area contributed by atoms with E-state index in [2.05, 4.69) is 10.6 Å². The monoisotopic (exact) mass is 322 g/mol. The van der Waals surface area contributed by atoms with E-state index in [9.17, 15) is 9.59 Å². The zero-order valence-electron chi connectivity index (χ0n) is 13.8. The number of hydrogen-bond acceptors (Lipinski definition) is 5. The number of ether oxygens (including phenoxy) is 3. The molecule has 1 aromatic rings. The number of rotatable bonds is 4. The molecule has 1 aliphatic heterocycles. The molecule has 1 atom stereocenters. The highest BCUT2D eigenvalue weighted by Gasteiger charge is 2.23. The molecular formula is C16H22N2O5. The fourth-order valence-corrected chi connectivity index (χ4v) is 2.17. The molecule has 0 saturated heterocycles. The minimum atomic E-state index is -0.528. The van der Waals surface area contributed by atoms with Crippen molar-refractivity contribution in [3.05, 3.63) is 23.8 Å². The first kappa shape index (κ1) is 16.9. The third kappa shape index (κ3) is 4.77. The number of benzene rings is 1. The number of carbonyl (C=O) groups is 2. The molecule has 0 radical (unpaired) electrons. The summed E-state index contributed by atoms with van der Waals surface area (Å²) in [7, 11) is 1.31. The predicted molar refractivity (Wildman–Crippen MR) is 83.4 cm³/mol. The van der Waals surface area contributed by atoms with Crippen LogP contribution in [0.4, 0.5) is 4.79 Å². The molecule has 7 heteroatoms. The summed E-state index contributed by atoms with van der Waals surface area (Å²) in [5.41, 5.74) is 0.359. The fraction of sp³-hybridized carbons (Fsp3) is 0.500. The zero-order chi connectivity index (χ0) is 17.0. The third-order valence-corrected chi connectivity index (χ3v) is 3.19. The summed E-state index contributed by atoms with van der Waals surface area (Å²) in [5, 5.41) is 5.60. The summed E-state index contributed by atoms with van der Waals surface area (Å²) in [5.74, 6) is 0.823. The minimum absolute atomic E-state index is 0.0215. The maximum atomic E-state index is 12.1. The Hall–Kier alpha value is -2.44. The fourth-order valence-electron chi connectivity index (χ4n) is 2.17. The summed E-state index contributed by atoms with van der Waals surface area (Å²) < 4.78 is 15.3. The number of esters is 1. The van der Waals surface area contributed by atoms with Crippen LogP contribution in [0.5, 0.6) is 11.5 Å². The Kier molecular flexibility index (Phi) is 4.98. The second kappa shape index (κ2) is 6.76. The van der Waals surface area contributed by atoms with Gasteiger partial charge in [0.25, 0.3) is 0 Å². The van der Waals surface area contributed by atoms with Crippen molar-refractivity contribution in [1.82, 2.24) is 10.6 Å². The lowest BCUT2D eigenvalue weighted by molar-refractivity contribution is -0.141. The molecule has 0 bridgehead atoms. The van der Waals surface area contributed by atoms with Crippen LogP contribution < -0.4 is 20.1 Å². The Morgan fingerprint density at radius 3 is 2.61 bits per heavy atom. The van der Waals surface area contributed by atoms with Crippen LogP contribution in [-0.4, -0.2) is 31.4 Å². The molecule has 7 nitrogen and oxygen atoms in total. The van der Waals surface area contributed by atoms with Crippen molar-refractivity contribution < 1.29 is 23.8 Å². The van der Waals surface area contributed by atoms with Crippen molar-refractivity contribution in [2.24, 2.45) is 0 Å². The van der Waals surface area contributed by atoms with E-state index in [0.717, 1.165) is 5.56 Å². The van der Waals surface area contributed by atoms with Crippen LogP contribution in [-0.2, 0) is 9.53 Å². The van der Waals surface area contributed by atoms with Crippen LogP contribution in [0, 0.1) is 0 Å². The molecule has 0 aliphatic carbocycles. The van der Waals surface area contributed by atoms with Crippen molar-refractivity contribution >= 4 is 12.0 Å². The lowest BCUT2D eigenvalue weighted by Crippen LogP contribution is -2.47. The molecule has 2 N–H and O–H groups in total. The summed E-state index contributed by atoms with van der Waals surface area (Å²) in [6, 6.07) is 4.42. The van der Waals surface area contributed by atoms with Gasteiger partial charge in [-0.3, -0.25) is 4.79 Å². The van der Waals surface area contributed by atoms with E-state index in [0.29, 0.717) is 11.5 Å². The molecule has 0 aromatic heterocycles. The standard InChI is InChI=1S/C16H22N2O5/c1-16(2,3)18-15(20)17-11(8-14(19)21-4)10-5-6-12-13(7-10)23-9-22-12/h5-7,11H,8-9H2,1-4H3,(H2,17,18,20). The number of hydrogen-bond donors (Lipinski definition) is 2. The van der Waals surface area contributed by atoms with Gasteiger partial charge in [0.05, 0.1) is 19.6 Å². The molecule has 0 saturated carbocycles. The largest absolute Gasteiger partial charge is 0.469 e. The number of amides is 2. The second-order valence-electron chi connectivity index (χ2n) is 6.29. The molecule has 23 heavy (non-hydrogen) atoms. The van der Waals surface area contributed by atoms with Gasteiger partial charge in [0.1, 0.15) is 0 Å². The molecule has 126 valence electrons. The maximum Gasteiger partial charge on any atom is 0.315 e. The van der Waals surface area contributed by atoms with Gasteiger partial charge in [-0.25, -0.2) is 4.79 Å². The number of nitrogens with one attached hydrogen (secondary N) is 2. The van der Waals surface area contributed by atoms with Crippen LogP contribution in [0.2, 0.25) is 0 Å². The van der Waals surface area contributed by atoms with Gasteiger partial charge in [0.2, 0.25) is 6.79 Å². The summed E-state index contributed by atoms with van der Waals surface area (Å²) in [4.78, 5) is 23.8. The van der Waals surface area contributed by atoms with E-state index in [-0.39, 0.29) is 24.8 Å². The average Bonchev–Trinajstić information content (AvgIpc) is 2.91. The quantitative estimate of drug-likeness (QED) is 0.829. The van der Waals surface area contributed by atoms with E-state index in [1.54, 1.807) is 18.2 Å². The van der Waals surface area contributed by atoms with Gasteiger partial charge < -0.3 is 24.8 Å². The normalized spacial score (nSPS) is 14.1. The molecule has 1 aliphatic rings. The molecular weight excluding hydrogens is 300 g/mol. The topological polar surface area (TPSA) is 85.9 Å². The Labute approximate surface area is 135 Å². The van der Waals surface area contributed by atoms with E-state index in [4.69, 9.17) is 14.2 Å². The highest BCUT2D eigenvalue weighted by Crippen LogP contribution is 2.34. The van der Waals surface area contributed by atoms with Gasteiger partial charge in [0.15, 0.2) is 11.5 Å². The van der Waals surface area contributed by atoms with Gasteiger partial charge in [-0.15, -0.1) is 0 Å². The highest BCUT2D eigenvalue weighted by atomic mass is 16.7. The number of fused-ring (bicyclic) bond motifs is 1. The first-order chi connectivity index (χ1) is 10.8.